The van der Waals surface area contributed by atoms with Gasteiger partial charge in [0.05, 0.1) is 5.02 Å². The van der Waals surface area contributed by atoms with E-state index in [1.54, 1.807) is 0 Å². The third-order valence-corrected chi connectivity index (χ3v) is 1.33. The van der Waals surface area contributed by atoms with Crippen LogP contribution in [0, 0.1) is 0 Å². The largest absolute Gasteiger partial charge is 0.306 e. The van der Waals surface area contributed by atoms with Crippen LogP contribution in [-0.2, 0) is 0 Å². The molecule has 0 saturated heterocycles. The molecule has 0 radical (unpaired) electrons. The molecule has 12 heavy (non-hydrogen) atoms. The molecule has 1 nitrogen and oxygen atoms in total. The Labute approximate surface area is 71.5 Å². The van der Waals surface area contributed by atoms with Crippen LogP contribution in [0.3, 0.4) is 0 Å². The third-order valence-electron chi connectivity index (χ3n) is 1.12. The molecule has 0 aromatic carbocycles. The summed E-state index contributed by atoms with van der Waals surface area (Å²) >= 11 is 5.40. The Kier molecular flexibility index (Phi) is 2.70. The molecule has 0 N–H and O–H groups in total. The van der Waals surface area contributed by atoms with Gasteiger partial charge in [-0.2, -0.15) is 8.78 Å². The highest BCUT2D eigenvalue weighted by Crippen LogP contribution is 2.23. The van der Waals surface area contributed by atoms with Gasteiger partial charge < -0.3 is 0 Å². The molecule has 0 bridgehead atoms. The first-order valence-corrected chi connectivity index (χ1v) is 3.30. The highest BCUT2D eigenvalue weighted by Gasteiger charge is 2.08. The Morgan fingerprint density at radius 2 is 1.92 bits per heavy atom. The van der Waals surface area contributed by atoms with E-state index in [1.807, 2.05) is 0 Å². The zero-order chi connectivity index (χ0) is 9.14. The molecule has 0 unspecified atom stereocenters. The summed E-state index contributed by atoms with van der Waals surface area (Å²) in [6.07, 6.45) is -0.173. The van der Waals surface area contributed by atoms with E-state index < -0.39 is 11.9 Å². The second kappa shape index (κ2) is 3.58. The van der Waals surface area contributed by atoms with Crippen LogP contribution >= 0.6 is 11.6 Å². The molecule has 1 aromatic heterocycles. The van der Waals surface area contributed by atoms with E-state index in [1.165, 1.54) is 6.20 Å². The van der Waals surface area contributed by atoms with Gasteiger partial charge in [0.15, 0.2) is 5.83 Å². The minimum absolute atomic E-state index is 0.115. The lowest BCUT2D eigenvalue weighted by atomic mass is 10.3. The number of hydrogen-bond donors (Lipinski definition) is 0. The van der Waals surface area contributed by atoms with Gasteiger partial charge in [-0.05, 0) is 6.07 Å². The summed E-state index contributed by atoms with van der Waals surface area (Å²) in [5.74, 6) is -1.59. The van der Waals surface area contributed by atoms with Crippen molar-refractivity contribution in [3.05, 3.63) is 35.1 Å². The topological polar surface area (TPSA) is 12.9 Å². The van der Waals surface area contributed by atoms with Crippen LogP contribution in [0.4, 0.5) is 13.2 Å². The molecule has 0 aliphatic heterocycles. The molecule has 64 valence electrons. The van der Waals surface area contributed by atoms with Crippen molar-refractivity contribution in [2.75, 3.05) is 0 Å². The summed E-state index contributed by atoms with van der Waals surface area (Å²) < 4.78 is 35.8. The average molecular weight is 194 g/mol. The van der Waals surface area contributed by atoms with Crippen molar-refractivity contribution in [2.24, 2.45) is 0 Å². The summed E-state index contributed by atoms with van der Waals surface area (Å²) in [7, 11) is 0. The van der Waals surface area contributed by atoms with Gasteiger partial charge in [-0.1, -0.05) is 11.6 Å². The zero-order valence-corrected chi connectivity index (χ0v) is 6.45. The van der Waals surface area contributed by atoms with E-state index in [-0.39, 0.29) is 10.6 Å². The smallest absolute Gasteiger partial charge is 0.262 e. The Morgan fingerprint density at radius 3 is 2.42 bits per heavy atom. The Hall–Kier alpha value is -1.03. The van der Waals surface area contributed by atoms with Crippen LogP contribution in [0.5, 0.6) is 0 Å². The van der Waals surface area contributed by atoms with Gasteiger partial charge in [0, 0.05) is 18.0 Å². The summed E-state index contributed by atoms with van der Waals surface area (Å²) in [6.45, 7) is 0. The number of hydrogen-bond acceptors (Lipinski definition) is 1. The standard InChI is InChI=1S/C7H3ClF3N/c8-5-1-4(2-12-3-5)6(9)7(10)11/h1-3H. The molecule has 1 heterocycles. The van der Waals surface area contributed by atoms with Crippen molar-refractivity contribution in [1.29, 1.82) is 0 Å². The lowest BCUT2D eigenvalue weighted by molar-refractivity contribution is 0.410. The van der Waals surface area contributed by atoms with E-state index in [0.29, 0.717) is 0 Å². The van der Waals surface area contributed by atoms with Crippen molar-refractivity contribution in [2.45, 2.75) is 0 Å². The lowest BCUT2D eigenvalue weighted by Gasteiger charge is -1.95. The Bertz CT molecular complexity index is 320. The average Bonchev–Trinajstić information content (AvgIpc) is 2.03. The molecule has 0 atom stereocenters. The maximum Gasteiger partial charge on any atom is 0.306 e. The highest BCUT2D eigenvalue weighted by molar-refractivity contribution is 6.30. The van der Waals surface area contributed by atoms with E-state index in [4.69, 9.17) is 11.6 Å². The van der Waals surface area contributed by atoms with Gasteiger partial charge in [-0.25, -0.2) is 4.39 Å². The van der Waals surface area contributed by atoms with E-state index in [0.717, 1.165) is 12.3 Å². The molecule has 0 amide bonds. The summed E-state index contributed by atoms with van der Waals surface area (Å²) in [5.41, 5.74) is -0.317. The summed E-state index contributed by atoms with van der Waals surface area (Å²) in [5, 5.41) is 0.115. The van der Waals surface area contributed by atoms with Crippen LogP contribution < -0.4 is 0 Å². The predicted octanol–water partition coefficient (Wildman–Crippen LogP) is 3.27. The van der Waals surface area contributed by atoms with Crippen molar-refractivity contribution < 1.29 is 13.2 Å². The second-order valence-electron chi connectivity index (χ2n) is 1.97. The quantitative estimate of drug-likeness (QED) is 0.667. The number of halogens is 4. The summed E-state index contributed by atoms with van der Waals surface area (Å²) in [6, 6.07) is 1.07. The fourth-order valence-electron chi connectivity index (χ4n) is 0.641. The van der Waals surface area contributed by atoms with Gasteiger partial charge in [0.2, 0.25) is 0 Å². The minimum atomic E-state index is -2.38. The monoisotopic (exact) mass is 193 g/mol. The molecule has 5 heteroatoms. The Balaban J connectivity index is 3.13. The van der Waals surface area contributed by atoms with Crippen LogP contribution in [0.2, 0.25) is 5.02 Å². The van der Waals surface area contributed by atoms with E-state index in [2.05, 4.69) is 4.98 Å². The van der Waals surface area contributed by atoms with Crippen LogP contribution in [0.25, 0.3) is 5.83 Å². The molecule has 0 aliphatic carbocycles. The first kappa shape index (κ1) is 9.06. The van der Waals surface area contributed by atoms with Crippen molar-refractivity contribution >= 4 is 17.4 Å². The van der Waals surface area contributed by atoms with Crippen molar-refractivity contribution in [3.63, 3.8) is 0 Å². The molecular formula is C7H3ClF3N. The van der Waals surface area contributed by atoms with Crippen molar-refractivity contribution in [1.82, 2.24) is 4.98 Å². The molecule has 1 aromatic rings. The molecule has 0 saturated carbocycles. The highest BCUT2D eigenvalue weighted by atomic mass is 35.5. The Morgan fingerprint density at radius 1 is 1.25 bits per heavy atom. The number of rotatable bonds is 1. The SMILES string of the molecule is FC(F)=C(F)c1cncc(Cl)c1. The maximum atomic E-state index is 12.5. The van der Waals surface area contributed by atoms with E-state index in [9.17, 15) is 13.2 Å². The first-order chi connectivity index (χ1) is 5.61. The van der Waals surface area contributed by atoms with Gasteiger partial charge in [0.25, 0.3) is 0 Å². The molecule has 0 aliphatic rings. The van der Waals surface area contributed by atoms with Crippen LogP contribution in [0.15, 0.2) is 24.5 Å². The fraction of sp³-hybridized carbons (Fsp3) is 0. The second-order valence-corrected chi connectivity index (χ2v) is 2.40. The normalized spacial score (nSPS) is 9.67. The number of pyridine rings is 1. The van der Waals surface area contributed by atoms with Gasteiger partial charge in [-0.3, -0.25) is 4.98 Å². The fourth-order valence-corrected chi connectivity index (χ4v) is 0.815. The van der Waals surface area contributed by atoms with E-state index >= 15 is 0 Å². The van der Waals surface area contributed by atoms with Crippen molar-refractivity contribution in [3.8, 4) is 0 Å². The molecule has 0 spiro atoms. The molecule has 0 fully saturated rings. The van der Waals surface area contributed by atoms with Crippen LogP contribution in [-0.4, -0.2) is 4.98 Å². The minimum Gasteiger partial charge on any atom is -0.262 e. The first-order valence-electron chi connectivity index (χ1n) is 2.93. The van der Waals surface area contributed by atoms with Gasteiger partial charge in [-0.15, -0.1) is 0 Å². The molecule has 1 rings (SSSR count). The van der Waals surface area contributed by atoms with Crippen LogP contribution in [0.1, 0.15) is 5.56 Å². The van der Waals surface area contributed by atoms with Gasteiger partial charge >= 0.3 is 6.08 Å². The third kappa shape index (κ3) is 1.98. The lowest BCUT2D eigenvalue weighted by Crippen LogP contribution is -1.81. The summed E-state index contributed by atoms with van der Waals surface area (Å²) in [4.78, 5) is 3.45. The molecular weight excluding hydrogens is 191 g/mol. The zero-order valence-electron chi connectivity index (χ0n) is 5.69. The predicted molar refractivity (Wildman–Crippen MR) is 39.5 cm³/mol. The maximum absolute atomic E-state index is 12.5. The number of aromatic nitrogens is 1. The van der Waals surface area contributed by atoms with Gasteiger partial charge in [0.1, 0.15) is 0 Å². The number of nitrogens with zero attached hydrogens (tertiary/aromatic N) is 1.